The molecule has 1 amide bonds. The maximum Gasteiger partial charge on any atom is 0.508 e. The van der Waals surface area contributed by atoms with Gasteiger partial charge in [-0.1, -0.05) is 30.3 Å². The van der Waals surface area contributed by atoms with E-state index in [1.807, 2.05) is 30.3 Å². The quantitative estimate of drug-likeness (QED) is 0.822. The summed E-state index contributed by atoms with van der Waals surface area (Å²) in [4.78, 5) is 22.2. The Balaban J connectivity index is 2.58. The molecule has 0 unspecified atom stereocenters. The molecule has 1 atom stereocenters. The lowest BCUT2D eigenvalue weighted by atomic mass is 10.1. The Hall–Kier alpha value is -2.24. The Morgan fingerprint density at radius 2 is 1.84 bits per heavy atom. The number of nitrogens with one attached hydrogen (secondary N) is 1. The summed E-state index contributed by atoms with van der Waals surface area (Å²) in [5, 5.41) is 2.60. The van der Waals surface area contributed by atoms with Crippen molar-refractivity contribution in [2.24, 2.45) is 0 Å². The number of benzene rings is 1. The maximum atomic E-state index is 11.2. The van der Waals surface area contributed by atoms with E-state index in [0.717, 1.165) is 5.56 Å². The summed E-state index contributed by atoms with van der Waals surface area (Å²) in [5.74, 6) is 0. The molecule has 0 aliphatic heterocycles. The molecule has 0 radical (unpaired) electrons. The first kappa shape index (κ1) is 14.8. The van der Waals surface area contributed by atoms with Gasteiger partial charge in [-0.3, -0.25) is 0 Å². The molecule has 0 aromatic heterocycles. The zero-order chi connectivity index (χ0) is 14.1. The molecule has 0 fully saturated rings. The highest BCUT2D eigenvalue weighted by atomic mass is 16.7. The molecule has 19 heavy (non-hydrogen) atoms. The first-order valence-corrected chi connectivity index (χ1v) is 5.75. The Morgan fingerprint density at radius 1 is 1.16 bits per heavy atom. The number of methoxy groups -OCH3 is 2. The first-order valence-electron chi connectivity index (χ1n) is 5.75. The fraction of sp³-hybridized carbons (Fsp3) is 0.385. The minimum Gasteiger partial charge on any atom is -0.453 e. The summed E-state index contributed by atoms with van der Waals surface area (Å²) in [5.41, 5.74) is 1.01. The van der Waals surface area contributed by atoms with Crippen LogP contribution in [0.25, 0.3) is 0 Å². The van der Waals surface area contributed by atoms with Gasteiger partial charge in [0.25, 0.3) is 0 Å². The van der Waals surface area contributed by atoms with E-state index < -0.39 is 12.2 Å². The first-order chi connectivity index (χ1) is 9.15. The van der Waals surface area contributed by atoms with Crippen molar-refractivity contribution in [2.45, 2.75) is 12.5 Å². The summed E-state index contributed by atoms with van der Waals surface area (Å²) < 4.78 is 13.7. The number of hydrogen-bond acceptors (Lipinski definition) is 5. The molecule has 6 heteroatoms. The van der Waals surface area contributed by atoms with E-state index in [4.69, 9.17) is 4.74 Å². The average molecular weight is 267 g/mol. The van der Waals surface area contributed by atoms with Gasteiger partial charge in [0, 0.05) is 0 Å². The van der Waals surface area contributed by atoms with Gasteiger partial charge in [0.1, 0.15) is 6.61 Å². The third-order valence-corrected chi connectivity index (χ3v) is 2.40. The SMILES string of the molecule is COC(=O)N[C@@H](COC(=O)OC)Cc1ccccc1. The third kappa shape index (κ3) is 5.76. The number of ether oxygens (including phenoxy) is 3. The number of alkyl carbamates (subject to hydrolysis) is 1. The lowest BCUT2D eigenvalue weighted by molar-refractivity contribution is 0.0637. The zero-order valence-corrected chi connectivity index (χ0v) is 10.9. The van der Waals surface area contributed by atoms with E-state index in [1.165, 1.54) is 14.2 Å². The lowest BCUT2D eigenvalue weighted by Gasteiger charge is -2.17. The van der Waals surface area contributed by atoms with Crippen LogP contribution in [-0.4, -0.2) is 39.1 Å². The second kappa shape index (κ2) is 7.97. The fourth-order valence-electron chi connectivity index (χ4n) is 1.50. The van der Waals surface area contributed by atoms with Crippen LogP contribution in [0.5, 0.6) is 0 Å². The molecule has 1 aromatic rings. The molecule has 1 aromatic carbocycles. The number of carbonyl (C=O) groups is 2. The van der Waals surface area contributed by atoms with Crippen LogP contribution in [0.3, 0.4) is 0 Å². The Kier molecular flexibility index (Phi) is 6.21. The minimum absolute atomic E-state index is 0.0106. The highest BCUT2D eigenvalue weighted by molar-refractivity contribution is 5.67. The van der Waals surface area contributed by atoms with Gasteiger partial charge in [0.05, 0.1) is 20.3 Å². The molecule has 0 aliphatic carbocycles. The van der Waals surface area contributed by atoms with Crippen LogP contribution in [0.4, 0.5) is 9.59 Å². The van der Waals surface area contributed by atoms with Gasteiger partial charge < -0.3 is 19.5 Å². The molecule has 0 heterocycles. The van der Waals surface area contributed by atoms with Gasteiger partial charge in [0.2, 0.25) is 0 Å². The van der Waals surface area contributed by atoms with Crippen LogP contribution in [0.15, 0.2) is 30.3 Å². The number of hydrogen-bond donors (Lipinski definition) is 1. The van der Waals surface area contributed by atoms with Crippen LogP contribution in [0.1, 0.15) is 5.56 Å². The topological polar surface area (TPSA) is 73.9 Å². The van der Waals surface area contributed by atoms with E-state index in [1.54, 1.807) is 0 Å². The van der Waals surface area contributed by atoms with E-state index in [-0.39, 0.29) is 12.6 Å². The summed E-state index contributed by atoms with van der Waals surface area (Å²) >= 11 is 0. The van der Waals surface area contributed by atoms with Gasteiger partial charge in [-0.2, -0.15) is 0 Å². The van der Waals surface area contributed by atoms with Crippen LogP contribution >= 0.6 is 0 Å². The molecular weight excluding hydrogens is 250 g/mol. The van der Waals surface area contributed by atoms with Gasteiger partial charge >= 0.3 is 12.2 Å². The van der Waals surface area contributed by atoms with Crippen molar-refractivity contribution < 1.29 is 23.8 Å². The monoisotopic (exact) mass is 267 g/mol. The smallest absolute Gasteiger partial charge is 0.453 e. The molecule has 0 saturated carbocycles. The minimum atomic E-state index is -0.787. The predicted octanol–water partition coefficient (Wildman–Crippen LogP) is 1.74. The van der Waals surface area contributed by atoms with Gasteiger partial charge in [-0.05, 0) is 12.0 Å². The van der Waals surface area contributed by atoms with Gasteiger partial charge in [-0.15, -0.1) is 0 Å². The van der Waals surface area contributed by atoms with Crippen molar-refractivity contribution in [1.82, 2.24) is 5.32 Å². The molecule has 0 spiro atoms. The summed E-state index contributed by atoms with van der Waals surface area (Å²) in [6, 6.07) is 9.15. The molecule has 104 valence electrons. The number of amides is 1. The molecule has 1 rings (SSSR count). The molecular formula is C13H17NO5. The van der Waals surface area contributed by atoms with Crippen molar-refractivity contribution in [1.29, 1.82) is 0 Å². The molecule has 0 aliphatic rings. The van der Waals surface area contributed by atoms with Gasteiger partial charge in [-0.25, -0.2) is 9.59 Å². The highest BCUT2D eigenvalue weighted by Gasteiger charge is 2.16. The molecule has 1 N–H and O–H groups in total. The Labute approximate surface area is 111 Å². The second-order valence-electron chi connectivity index (χ2n) is 3.79. The number of rotatable bonds is 5. The summed E-state index contributed by atoms with van der Waals surface area (Å²) in [7, 11) is 2.50. The standard InChI is InChI=1S/C13H17NO5/c1-17-12(15)14-11(9-19-13(16)18-2)8-10-6-4-3-5-7-10/h3-7,11H,8-9H2,1-2H3,(H,14,15)/t11-/m1/s1. The lowest BCUT2D eigenvalue weighted by Crippen LogP contribution is -2.40. The van der Waals surface area contributed by atoms with Crippen LogP contribution < -0.4 is 5.32 Å². The van der Waals surface area contributed by atoms with E-state index in [9.17, 15) is 9.59 Å². The maximum absolute atomic E-state index is 11.2. The molecule has 6 nitrogen and oxygen atoms in total. The van der Waals surface area contributed by atoms with Crippen molar-refractivity contribution in [3.8, 4) is 0 Å². The Morgan fingerprint density at radius 3 is 2.42 bits per heavy atom. The fourth-order valence-corrected chi connectivity index (χ4v) is 1.50. The second-order valence-corrected chi connectivity index (χ2v) is 3.79. The van der Waals surface area contributed by atoms with E-state index in [2.05, 4.69) is 14.8 Å². The van der Waals surface area contributed by atoms with Crippen molar-refractivity contribution in [3.05, 3.63) is 35.9 Å². The predicted molar refractivity (Wildman–Crippen MR) is 67.8 cm³/mol. The summed E-state index contributed by atoms with van der Waals surface area (Å²) in [6.45, 7) is 0.0106. The number of carbonyl (C=O) groups excluding carboxylic acids is 2. The summed E-state index contributed by atoms with van der Waals surface area (Å²) in [6.07, 6.45) is -0.841. The third-order valence-electron chi connectivity index (χ3n) is 2.40. The largest absolute Gasteiger partial charge is 0.508 e. The molecule has 0 saturated heterocycles. The van der Waals surface area contributed by atoms with Crippen molar-refractivity contribution >= 4 is 12.2 Å². The van der Waals surface area contributed by atoms with Gasteiger partial charge in [0.15, 0.2) is 0 Å². The zero-order valence-electron chi connectivity index (χ0n) is 10.9. The Bertz CT molecular complexity index is 407. The normalized spacial score (nSPS) is 11.3. The van der Waals surface area contributed by atoms with Crippen LogP contribution in [0.2, 0.25) is 0 Å². The van der Waals surface area contributed by atoms with Crippen molar-refractivity contribution in [2.75, 3.05) is 20.8 Å². The van der Waals surface area contributed by atoms with Crippen LogP contribution in [0, 0.1) is 0 Å². The van der Waals surface area contributed by atoms with E-state index >= 15 is 0 Å². The highest BCUT2D eigenvalue weighted by Crippen LogP contribution is 2.04. The molecule has 0 bridgehead atoms. The average Bonchev–Trinajstić information content (AvgIpc) is 2.45. The van der Waals surface area contributed by atoms with Crippen LogP contribution in [-0.2, 0) is 20.6 Å². The van der Waals surface area contributed by atoms with E-state index in [0.29, 0.717) is 6.42 Å². The van der Waals surface area contributed by atoms with Crippen molar-refractivity contribution in [3.63, 3.8) is 0 Å².